The number of nitrogens with zero attached hydrogens (tertiary/aromatic N) is 1. The first-order valence-corrected chi connectivity index (χ1v) is 4.99. The fourth-order valence-electron chi connectivity index (χ4n) is 0.959. The zero-order valence-electron chi connectivity index (χ0n) is 6.00. The molecule has 4 nitrogen and oxygen atoms in total. The van der Waals surface area contributed by atoms with Gasteiger partial charge >= 0.3 is 0 Å². The number of hydrogen-bond acceptors (Lipinski definition) is 3. The second kappa shape index (κ2) is 2.86. The maximum absolute atomic E-state index is 10.9. The summed E-state index contributed by atoms with van der Waals surface area (Å²) in [6.45, 7) is 4.15. The fourth-order valence-corrected chi connectivity index (χ4v) is 2.25. The fraction of sp³-hybridized carbons (Fsp3) is 1.00. The Morgan fingerprint density at radius 1 is 1.60 bits per heavy atom. The Hall–Kier alpha value is -0.130. The van der Waals surface area contributed by atoms with Crippen LogP contribution in [0.5, 0.6) is 0 Å². The van der Waals surface area contributed by atoms with E-state index in [0.29, 0.717) is 6.54 Å². The molecular weight excluding hydrogens is 152 g/mol. The quantitative estimate of drug-likeness (QED) is 0.552. The standard InChI is InChI=1S/C5H12N2O2S/c1-2-7-4-3-6-10(8,9)5-7/h6H,2-5H2,1H3. The molecule has 10 heavy (non-hydrogen) atoms. The molecule has 1 aliphatic rings. The van der Waals surface area contributed by atoms with Crippen molar-refractivity contribution >= 4 is 10.0 Å². The molecule has 0 radical (unpaired) electrons. The van der Waals surface area contributed by atoms with E-state index >= 15 is 0 Å². The number of hydrogen-bond donors (Lipinski definition) is 1. The van der Waals surface area contributed by atoms with E-state index in [4.69, 9.17) is 0 Å². The SMILES string of the molecule is CCN1CCNS(=O)(=O)C1. The van der Waals surface area contributed by atoms with E-state index in [9.17, 15) is 8.42 Å². The number of sulfonamides is 1. The molecule has 1 fully saturated rings. The van der Waals surface area contributed by atoms with Crippen LogP contribution in [0.1, 0.15) is 6.92 Å². The minimum absolute atomic E-state index is 0.156. The molecule has 0 amide bonds. The van der Waals surface area contributed by atoms with Gasteiger partial charge in [-0.05, 0) is 6.54 Å². The summed E-state index contributed by atoms with van der Waals surface area (Å²) < 4.78 is 24.2. The van der Waals surface area contributed by atoms with E-state index in [2.05, 4.69) is 4.72 Å². The van der Waals surface area contributed by atoms with Crippen molar-refractivity contribution in [3.63, 3.8) is 0 Å². The van der Waals surface area contributed by atoms with Crippen molar-refractivity contribution in [3.05, 3.63) is 0 Å². The normalized spacial score (nSPS) is 26.5. The molecule has 0 aliphatic carbocycles. The van der Waals surface area contributed by atoms with Crippen molar-refractivity contribution in [1.82, 2.24) is 9.62 Å². The average molecular weight is 164 g/mol. The van der Waals surface area contributed by atoms with Gasteiger partial charge in [0.1, 0.15) is 5.88 Å². The lowest BCUT2D eigenvalue weighted by molar-refractivity contribution is 0.317. The summed E-state index contributed by atoms with van der Waals surface area (Å²) in [6, 6.07) is 0. The summed E-state index contributed by atoms with van der Waals surface area (Å²) >= 11 is 0. The Morgan fingerprint density at radius 2 is 2.30 bits per heavy atom. The van der Waals surface area contributed by atoms with Crippen LogP contribution in [0.15, 0.2) is 0 Å². The predicted octanol–water partition coefficient (Wildman–Crippen LogP) is -0.801. The molecule has 60 valence electrons. The lowest BCUT2D eigenvalue weighted by Gasteiger charge is -2.25. The molecule has 0 atom stereocenters. The van der Waals surface area contributed by atoms with Gasteiger partial charge in [0, 0.05) is 13.1 Å². The Labute approximate surface area is 61.3 Å². The second-order valence-electron chi connectivity index (χ2n) is 2.35. The average Bonchev–Trinajstić information content (AvgIpc) is 1.86. The van der Waals surface area contributed by atoms with Crippen molar-refractivity contribution < 1.29 is 8.42 Å². The van der Waals surface area contributed by atoms with Gasteiger partial charge in [0.2, 0.25) is 10.0 Å². The number of likely N-dealkylation sites (N-methyl/N-ethyl adjacent to an activating group) is 1. The molecule has 0 spiro atoms. The molecule has 0 saturated carbocycles. The Bertz CT molecular complexity index is 200. The van der Waals surface area contributed by atoms with E-state index in [0.717, 1.165) is 13.1 Å². The number of nitrogens with one attached hydrogen (secondary N) is 1. The third-order valence-electron chi connectivity index (χ3n) is 1.55. The van der Waals surface area contributed by atoms with Crippen LogP contribution in [0.4, 0.5) is 0 Å². The highest BCUT2D eigenvalue weighted by Gasteiger charge is 2.19. The van der Waals surface area contributed by atoms with Crippen LogP contribution in [-0.4, -0.2) is 38.8 Å². The molecule has 0 unspecified atom stereocenters. The van der Waals surface area contributed by atoms with Crippen molar-refractivity contribution in [3.8, 4) is 0 Å². The second-order valence-corrected chi connectivity index (χ2v) is 4.13. The van der Waals surface area contributed by atoms with Crippen LogP contribution in [0.3, 0.4) is 0 Å². The summed E-state index contributed by atoms with van der Waals surface area (Å²) in [4.78, 5) is 1.89. The monoisotopic (exact) mass is 164 g/mol. The van der Waals surface area contributed by atoms with Gasteiger partial charge in [-0.25, -0.2) is 13.1 Å². The van der Waals surface area contributed by atoms with Crippen LogP contribution >= 0.6 is 0 Å². The predicted molar refractivity (Wildman–Crippen MR) is 39.0 cm³/mol. The molecule has 0 aromatic carbocycles. The minimum atomic E-state index is -2.97. The van der Waals surface area contributed by atoms with Crippen LogP contribution in [0.25, 0.3) is 0 Å². The maximum Gasteiger partial charge on any atom is 0.224 e. The summed E-state index contributed by atoms with van der Waals surface area (Å²) in [5, 5.41) is 0. The van der Waals surface area contributed by atoms with Crippen LogP contribution in [0, 0.1) is 0 Å². The Balaban J connectivity index is 2.56. The van der Waals surface area contributed by atoms with Crippen molar-refractivity contribution in [1.29, 1.82) is 0 Å². The number of rotatable bonds is 1. The zero-order chi connectivity index (χ0) is 7.61. The first-order chi connectivity index (χ1) is 4.64. The minimum Gasteiger partial charge on any atom is -0.288 e. The van der Waals surface area contributed by atoms with Gasteiger partial charge in [0.05, 0.1) is 0 Å². The molecule has 0 bridgehead atoms. The van der Waals surface area contributed by atoms with Crippen LogP contribution in [-0.2, 0) is 10.0 Å². The van der Waals surface area contributed by atoms with E-state index in [1.54, 1.807) is 0 Å². The van der Waals surface area contributed by atoms with Crippen LogP contribution in [0.2, 0.25) is 0 Å². The summed E-state index contributed by atoms with van der Waals surface area (Å²) in [5.74, 6) is 0.156. The van der Waals surface area contributed by atoms with E-state index in [1.165, 1.54) is 0 Å². The zero-order valence-corrected chi connectivity index (χ0v) is 6.82. The highest BCUT2D eigenvalue weighted by molar-refractivity contribution is 7.89. The van der Waals surface area contributed by atoms with E-state index in [1.807, 2.05) is 11.8 Å². The van der Waals surface area contributed by atoms with E-state index in [-0.39, 0.29) is 5.88 Å². The molecule has 1 saturated heterocycles. The van der Waals surface area contributed by atoms with Gasteiger partial charge in [0.25, 0.3) is 0 Å². The largest absolute Gasteiger partial charge is 0.288 e. The molecule has 1 N–H and O–H groups in total. The highest BCUT2D eigenvalue weighted by atomic mass is 32.2. The van der Waals surface area contributed by atoms with Gasteiger partial charge in [-0.1, -0.05) is 6.92 Å². The molecule has 5 heteroatoms. The van der Waals surface area contributed by atoms with Crippen molar-refractivity contribution in [2.75, 3.05) is 25.5 Å². The maximum atomic E-state index is 10.9. The summed E-state index contributed by atoms with van der Waals surface area (Å²) in [6.07, 6.45) is 0. The third kappa shape index (κ3) is 1.93. The van der Waals surface area contributed by atoms with E-state index < -0.39 is 10.0 Å². The highest BCUT2D eigenvalue weighted by Crippen LogP contribution is 1.97. The Morgan fingerprint density at radius 3 is 2.70 bits per heavy atom. The molecule has 1 heterocycles. The van der Waals surface area contributed by atoms with Crippen molar-refractivity contribution in [2.24, 2.45) is 0 Å². The first-order valence-electron chi connectivity index (χ1n) is 3.34. The van der Waals surface area contributed by atoms with Crippen LogP contribution < -0.4 is 4.72 Å². The molecular formula is C5H12N2O2S. The van der Waals surface area contributed by atoms with Gasteiger partial charge in [0.15, 0.2) is 0 Å². The van der Waals surface area contributed by atoms with Gasteiger partial charge in [-0.3, -0.25) is 4.90 Å². The van der Waals surface area contributed by atoms with Gasteiger partial charge < -0.3 is 0 Å². The molecule has 1 rings (SSSR count). The Kier molecular flexibility index (Phi) is 2.28. The molecule has 0 aromatic heterocycles. The summed E-state index contributed by atoms with van der Waals surface area (Å²) in [7, 11) is -2.97. The first kappa shape index (κ1) is 7.97. The lowest BCUT2D eigenvalue weighted by atomic mass is 10.5. The van der Waals surface area contributed by atoms with Crippen molar-refractivity contribution in [2.45, 2.75) is 6.92 Å². The molecule has 0 aromatic rings. The van der Waals surface area contributed by atoms with Gasteiger partial charge in [-0.2, -0.15) is 0 Å². The van der Waals surface area contributed by atoms with Gasteiger partial charge in [-0.15, -0.1) is 0 Å². The summed E-state index contributed by atoms with van der Waals surface area (Å²) in [5.41, 5.74) is 0. The lowest BCUT2D eigenvalue weighted by Crippen LogP contribution is -2.46. The molecule has 1 aliphatic heterocycles. The smallest absolute Gasteiger partial charge is 0.224 e. The third-order valence-corrected chi connectivity index (χ3v) is 2.90. The topological polar surface area (TPSA) is 49.4 Å².